The third-order valence-corrected chi connectivity index (χ3v) is 3.23. The van der Waals surface area contributed by atoms with Crippen LogP contribution in [0.5, 0.6) is 5.75 Å². The fourth-order valence-corrected chi connectivity index (χ4v) is 1.85. The molecule has 0 N–H and O–H groups in total. The lowest BCUT2D eigenvalue weighted by atomic mass is 10.1. The summed E-state index contributed by atoms with van der Waals surface area (Å²) in [5.41, 5.74) is 0.0530. The van der Waals surface area contributed by atoms with Crippen LogP contribution in [-0.4, -0.2) is 38.0 Å². The van der Waals surface area contributed by atoms with E-state index in [2.05, 4.69) is 4.74 Å². The molecule has 1 aromatic carbocycles. The first-order valence-electron chi connectivity index (χ1n) is 6.81. The summed E-state index contributed by atoms with van der Waals surface area (Å²) < 4.78 is 102. The van der Waals surface area contributed by atoms with Gasteiger partial charge in [0.15, 0.2) is 17.9 Å². The van der Waals surface area contributed by atoms with Crippen molar-refractivity contribution in [2.24, 2.45) is 5.92 Å². The van der Waals surface area contributed by atoms with Crippen molar-refractivity contribution in [3.63, 3.8) is 0 Å². The zero-order chi connectivity index (χ0) is 18.8. The monoisotopic (exact) mass is 376 g/mol. The Morgan fingerprint density at radius 3 is 2.24 bits per heavy atom. The average Bonchev–Trinajstić information content (AvgIpc) is 2.55. The molecule has 1 saturated heterocycles. The Bertz CT molecular complexity index is 624. The third kappa shape index (κ3) is 4.21. The lowest BCUT2D eigenvalue weighted by Gasteiger charge is -2.28. The van der Waals surface area contributed by atoms with Crippen molar-refractivity contribution < 1.29 is 49.7 Å². The summed E-state index contributed by atoms with van der Waals surface area (Å²) in [5.74, 6) is -11.7. The summed E-state index contributed by atoms with van der Waals surface area (Å²) in [6.45, 7) is -0.682. The summed E-state index contributed by atoms with van der Waals surface area (Å²) >= 11 is 0. The molecule has 140 valence electrons. The molecule has 1 aromatic rings. The van der Waals surface area contributed by atoms with E-state index in [-0.39, 0.29) is 18.8 Å². The van der Waals surface area contributed by atoms with Gasteiger partial charge in [-0.05, 0) is 12.1 Å². The molecule has 1 heterocycles. The SMILES string of the molecule is O=C(Oc1ccc(C2OCC(CF)CO2)cc1F)C(F)(F)C(F)(F)F. The molecule has 1 aliphatic heterocycles. The zero-order valence-electron chi connectivity index (χ0n) is 12.3. The van der Waals surface area contributed by atoms with Crippen molar-refractivity contribution in [3.8, 4) is 5.75 Å². The van der Waals surface area contributed by atoms with E-state index in [1.165, 1.54) is 0 Å². The Labute approximate surface area is 136 Å². The van der Waals surface area contributed by atoms with Crippen LogP contribution in [0.3, 0.4) is 0 Å². The molecule has 0 bridgehead atoms. The Hall–Kier alpha value is -1.88. The lowest BCUT2D eigenvalue weighted by Crippen LogP contribution is -2.46. The minimum atomic E-state index is -6.17. The molecular formula is C14H11F7O4. The molecule has 0 spiro atoms. The van der Waals surface area contributed by atoms with Gasteiger partial charge in [-0.15, -0.1) is 0 Å². The predicted molar refractivity (Wildman–Crippen MR) is 67.1 cm³/mol. The fraction of sp³-hybridized carbons (Fsp3) is 0.500. The normalized spacial score (nSPS) is 21.9. The quantitative estimate of drug-likeness (QED) is 0.458. The zero-order valence-corrected chi connectivity index (χ0v) is 12.3. The number of alkyl halides is 6. The summed E-state index contributed by atoms with van der Waals surface area (Å²) in [7, 11) is 0. The van der Waals surface area contributed by atoms with Crippen LogP contribution in [-0.2, 0) is 14.3 Å². The number of halogens is 7. The van der Waals surface area contributed by atoms with Gasteiger partial charge in [-0.1, -0.05) is 6.07 Å². The summed E-state index contributed by atoms with van der Waals surface area (Å²) in [4.78, 5) is 10.9. The van der Waals surface area contributed by atoms with Gasteiger partial charge in [-0.2, -0.15) is 22.0 Å². The fourth-order valence-electron chi connectivity index (χ4n) is 1.85. The van der Waals surface area contributed by atoms with Gasteiger partial charge in [0, 0.05) is 11.5 Å². The molecule has 0 saturated carbocycles. The van der Waals surface area contributed by atoms with Gasteiger partial charge in [-0.3, -0.25) is 4.39 Å². The van der Waals surface area contributed by atoms with Crippen LogP contribution < -0.4 is 4.74 Å². The molecule has 1 fully saturated rings. The molecule has 0 unspecified atom stereocenters. The van der Waals surface area contributed by atoms with Gasteiger partial charge < -0.3 is 14.2 Å². The first-order valence-corrected chi connectivity index (χ1v) is 6.81. The molecule has 0 amide bonds. The number of benzene rings is 1. The maximum Gasteiger partial charge on any atom is 0.465 e. The Morgan fingerprint density at radius 2 is 1.76 bits per heavy atom. The smallest absolute Gasteiger partial charge is 0.419 e. The third-order valence-electron chi connectivity index (χ3n) is 3.23. The molecule has 2 rings (SSSR count). The number of hydrogen-bond donors (Lipinski definition) is 0. The maximum absolute atomic E-state index is 13.8. The van der Waals surface area contributed by atoms with Crippen molar-refractivity contribution in [2.45, 2.75) is 18.4 Å². The second-order valence-corrected chi connectivity index (χ2v) is 5.17. The number of carbonyl (C=O) groups is 1. The van der Waals surface area contributed by atoms with Crippen molar-refractivity contribution >= 4 is 5.97 Å². The second-order valence-electron chi connectivity index (χ2n) is 5.17. The number of carbonyl (C=O) groups excluding carboxylic acids is 1. The molecule has 1 aliphatic rings. The standard InChI is InChI=1S/C14H11F7O4/c15-4-7-5-23-11(24-6-7)8-1-2-10(9(16)3-8)25-12(22)13(17,18)14(19,20)21/h1-3,7,11H,4-6H2. The number of rotatable bonds is 4. The van der Waals surface area contributed by atoms with Crippen LogP contribution in [0.1, 0.15) is 11.9 Å². The van der Waals surface area contributed by atoms with Gasteiger partial charge in [0.1, 0.15) is 0 Å². The first-order chi connectivity index (χ1) is 11.6. The average molecular weight is 376 g/mol. The highest BCUT2D eigenvalue weighted by Crippen LogP contribution is 2.37. The highest BCUT2D eigenvalue weighted by Gasteiger charge is 2.65. The van der Waals surface area contributed by atoms with E-state index in [0.29, 0.717) is 12.1 Å². The van der Waals surface area contributed by atoms with E-state index in [1.807, 2.05) is 0 Å². The highest BCUT2D eigenvalue weighted by atomic mass is 19.4. The lowest BCUT2D eigenvalue weighted by molar-refractivity contribution is -0.276. The largest absolute Gasteiger partial charge is 0.465 e. The molecule has 25 heavy (non-hydrogen) atoms. The molecule has 0 aliphatic carbocycles. The van der Waals surface area contributed by atoms with E-state index >= 15 is 0 Å². The molecule has 0 aromatic heterocycles. The van der Waals surface area contributed by atoms with Gasteiger partial charge in [-0.25, -0.2) is 9.18 Å². The van der Waals surface area contributed by atoms with E-state index in [4.69, 9.17) is 9.47 Å². The second kappa shape index (κ2) is 7.16. The minimum Gasteiger partial charge on any atom is -0.419 e. The molecule has 0 atom stereocenters. The van der Waals surface area contributed by atoms with Crippen LogP contribution in [0, 0.1) is 11.7 Å². The predicted octanol–water partition coefficient (Wildman–Crippen LogP) is 3.56. The van der Waals surface area contributed by atoms with E-state index in [9.17, 15) is 35.5 Å². The van der Waals surface area contributed by atoms with E-state index in [1.54, 1.807) is 0 Å². The minimum absolute atomic E-state index is 0.00265. The topological polar surface area (TPSA) is 44.8 Å². The molecule has 11 heteroatoms. The van der Waals surface area contributed by atoms with Crippen LogP contribution >= 0.6 is 0 Å². The van der Waals surface area contributed by atoms with E-state index < -0.39 is 48.5 Å². The van der Waals surface area contributed by atoms with Gasteiger partial charge in [0.2, 0.25) is 0 Å². The van der Waals surface area contributed by atoms with Crippen molar-refractivity contribution in [1.82, 2.24) is 0 Å². The van der Waals surface area contributed by atoms with Crippen LogP contribution in [0.2, 0.25) is 0 Å². The summed E-state index contributed by atoms with van der Waals surface area (Å²) in [6, 6.07) is 2.43. The number of hydrogen-bond acceptors (Lipinski definition) is 4. The Balaban J connectivity index is 2.09. The molecule has 4 nitrogen and oxygen atoms in total. The number of esters is 1. The first kappa shape index (κ1) is 19.4. The van der Waals surface area contributed by atoms with Gasteiger partial charge >= 0.3 is 18.1 Å². The van der Waals surface area contributed by atoms with Crippen molar-refractivity contribution in [2.75, 3.05) is 19.9 Å². The van der Waals surface area contributed by atoms with Crippen molar-refractivity contribution in [1.29, 1.82) is 0 Å². The Kier molecular flexibility index (Phi) is 5.57. The summed E-state index contributed by atoms with van der Waals surface area (Å²) in [6.07, 6.45) is -7.24. The maximum atomic E-state index is 13.8. The van der Waals surface area contributed by atoms with Crippen molar-refractivity contribution in [3.05, 3.63) is 29.6 Å². The highest BCUT2D eigenvalue weighted by molar-refractivity contribution is 5.80. The Morgan fingerprint density at radius 1 is 1.16 bits per heavy atom. The number of ether oxygens (including phenoxy) is 3. The van der Waals surface area contributed by atoms with Crippen LogP contribution in [0.15, 0.2) is 18.2 Å². The van der Waals surface area contributed by atoms with Crippen LogP contribution in [0.4, 0.5) is 30.7 Å². The van der Waals surface area contributed by atoms with E-state index in [0.717, 1.165) is 6.07 Å². The summed E-state index contributed by atoms with van der Waals surface area (Å²) in [5, 5.41) is 0. The van der Waals surface area contributed by atoms with Gasteiger partial charge in [0.25, 0.3) is 0 Å². The molecule has 0 radical (unpaired) electrons. The molecular weight excluding hydrogens is 365 g/mol. The van der Waals surface area contributed by atoms with Crippen LogP contribution in [0.25, 0.3) is 0 Å². The van der Waals surface area contributed by atoms with Gasteiger partial charge in [0.05, 0.1) is 19.9 Å².